The highest BCUT2D eigenvalue weighted by Gasteiger charge is 2.17. The number of hydrogen-bond donors (Lipinski definition) is 2. The molecule has 0 spiro atoms. The van der Waals surface area contributed by atoms with Crippen molar-refractivity contribution in [2.45, 2.75) is 227 Å². The minimum atomic E-state index is -0.500. The largest absolute Gasteiger partial charge is 0.459 e. The summed E-state index contributed by atoms with van der Waals surface area (Å²) in [5.41, 5.74) is 0.846. The fraction of sp³-hybridized carbons (Fsp3) is 0.857. The summed E-state index contributed by atoms with van der Waals surface area (Å²) in [6.07, 6.45) is 32.1. The quantitative estimate of drug-likeness (QED) is 0.0283. The Kier molecular flexibility index (Phi) is 32.3. The van der Waals surface area contributed by atoms with Crippen LogP contribution < -0.4 is 10.00 Å². The number of H-pyrrole nitrogens is 1. The molecule has 0 aliphatic rings. The van der Waals surface area contributed by atoms with Crippen molar-refractivity contribution in [1.29, 1.82) is 0 Å². The van der Waals surface area contributed by atoms with Gasteiger partial charge in [-0.3, -0.25) is 14.3 Å². The number of aryl methyl sites for hydroxylation is 2. The van der Waals surface area contributed by atoms with Crippen LogP contribution in [-0.2, 0) is 50.1 Å². The number of amides is 1. The highest BCUT2D eigenvalue weighted by atomic mass is 16.6. The van der Waals surface area contributed by atoms with Gasteiger partial charge in [0.2, 0.25) is 0 Å². The summed E-state index contributed by atoms with van der Waals surface area (Å²) in [5.74, 6) is -0.593. The van der Waals surface area contributed by atoms with E-state index in [1.165, 1.54) is 109 Å². The van der Waals surface area contributed by atoms with Gasteiger partial charge in [0.1, 0.15) is 24.4 Å². The number of esters is 2. The summed E-state index contributed by atoms with van der Waals surface area (Å²) in [7, 11) is 2.11. The van der Waals surface area contributed by atoms with E-state index in [1.807, 2.05) is 42.5 Å². The third kappa shape index (κ3) is 32.1. The molecule has 15 nitrogen and oxygen atoms in total. The van der Waals surface area contributed by atoms with E-state index in [2.05, 4.69) is 56.6 Å². The predicted molar refractivity (Wildman–Crippen MR) is 253 cm³/mol. The summed E-state index contributed by atoms with van der Waals surface area (Å²) in [6.45, 7) is 16.1. The molecule has 2 aromatic heterocycles. The summed E-state index contributed by atoms with van der Waals surface area (Å²) in [6, 6.07) is 0. The molecule has 0 saturated heterocycles. The number of rotatable bonds is 41. The van der Waals surface area contributed by atoms with Gasteiger partial charge in [-0.2, -0.15) is 4.68 Å². The van der Waals surface area contributed by atoms with E-state index >= 15 is 0 Å². The van der Waals surface area contributed by atoms with Gasteiger partial charge in [0, 0.05) is 31.3 Å². The third-order valence-corrected chi connectivity index (χ3v) is 11.4. The fourth-order valence-electron chi connectivity index (χ4n) is 7.57. The number of nitrogens with zero attached hydrogens (tertiary/aromatic N) is 7. The van der Waals surface area contributed by atoms with Crippen molar-refractivity contribution in [3.05, 3.63) is 23.8 Å². The number of aromatic nitrogens is 6. The zero-order valence-electron chi connectivity index (χ0n) is 41.5. The molecule has 2 heterocycles. The van der Waals surface area contributed by atoms with Crippen LogP contribution in [0.25, 0.3) is 0 Å². The Morgan fingerprint density at radius 3 is 1.80 bits per heavy atom. The van der Waals surface area contributed by atoms with Crippen LogP contribution >= 0.6 is 0 Å². The van der Waals surface area contributed by atoms with Crippen molar-refractivity contribution < 1.29 is 33.3 Å². The topological polar surface area (TPSA) is 161 Å². The van der Waals surface area contributed by atoms with Gasteiger partial charge in [-0.15, -0.1) is 5.10 Å². The van der Waals surface area contributed by atoms with E-state index in [9.17, 15) is 14.4 Å². The first-order valence-corrected chi connectivity index (χ1v) is 25.5. The summed E-state index contributed by atoms with van der Waals surface area (Å²) in [5, 5.41) is 18.7. The average Bonchev–Trinajstić information content (AvgIpc) is 3.93. The van der Waals surface area contributed by atoms with Crippen molar-refractivity contribution in [3.8, 4) is 0 Å². The van der Waals surface area contributed by atoms with Crippen molar-refractivity contribution in [2.24, 2.45) is 0 Å². The minimum absolute atomic E-state index is 0.0947. The van der Waals surface area contributed by atoms with Gasteiger partial charge in [-0.05, 0) is 86.0 Å². The van der Waals surface area contributed by atoms with Gasteiger partial charge in [-0.25, -0.2) is 4.79 Å². The lowest BCUT2D eigenvalue weighted by Gasteiger charge is -2.23. The van der Waals surface area contributed by atoms with Crippen LogP contribution in [-0.4, -0.2) is 105 Å². The van der Waals surface area contributed by atoms with Crippen LogP contribution in [0.1, 0.15) is 207 Å². The van der Waals surface area contributed by atoms with Crippen LogP contribution in [0.15, 0.2) is 12.4 Å². The van der Waals surface area contributed by atoms with E-state index < -0.39 is 5.60 Å². The first-order chi connectivity index (χ1) is 31.0. The molecule has 0 bridgehead atoms. The van der Waals surface area contributed by atoms with Gasteiger partial charge in [0.25, 0.3) is 5.69 Å². The number of alkyl carbamates (subject to hydrolysis) is 1. The van der Waals surface area contributed by atoms with Crippen molar-refractivity contribution in [2.75, 3.05) is 46.3 Å². The normalized spacial score (nSPS) is 11.8. The Morgan fingerprint density at radius 1 is 0.672 bits per heavy atom. The third-order valence-electron chi connectivity index (χ3n) is 11.4. The maximum atomic E-state index is 12.9. The number of carbonyl (C=O) groups excluding carboxylic acids is 3. The second-order valence-electron chi connectivity index (χ2n) is 18.8. The van der Waals surface area contributed by atoms with Crippen molar-refractivity contribution in [3.63, 3.8) is 0 Å². The van der Waals surface area contributed by atoms with Gasteiger partial charge in [-0.1, -0.05) is 133 Å². The van der Waals surface area contributed by atoms with Crippen LogP contribution in [0.2, 0.25) is 0 Å². The van der Waals surface area contributed by atoms with Crippen LogP contribution in [0, 0.1) is 0 Å². The molecule has 368 valence electrons. The highest BCUT2D eigenvalue weighted by molar-refractivity contribution is 5.70. The number of aromatic amines is 1. The Hall–Kier alpha value is -3.59. The summed E-state index contributed by atoms with van der Waals surface area (Å²) < 4.78 is 20.3. The molecular formula is C49H92N9O6+. The molecule has 2 aromatic rings. The van der Waals surface area contributed by atoms with Gasteiger partial charge >= 0.3 is 18.0 Å². The number of carbonyl (C=O) groups is 3. The zero-order valence-corrected chi connectivity index (χ0v) is 41.5. The molecule has 0 aliphatic carbocycles. The molecule has 0 aromatic carbocycles. The Balaban J connectivity index is 1.73. The standard InChI is InChI=1S/C49H91N9O6/c1-7-9-11-13-15-17-19-21-23-28-37-58-41-45(52-54-58)43-63-47(60)31-39-56(35-29-34-55(6)33-26-24-25-32-50-48(61)64-49(3,4)5)38-30-46(59)62-42-44-40-57(53-51-44)36-27-22-20-18-16-14-12-10-8-2/h40-41H,7-39,42-43H2,1-6H3,(H,50,61)/p+1. The monoisotopic (exact) mass is 903 g/mol. The first kappa shape index (κ1) is 56.5. The lowest BCUT2D eigenvalue weighted by molar-refractivity contribution is -0.754. The molecule has 0 unspecified atom stereocenters. The lowest BCUT2D eigenvalue weighted by atomic mass is 10.1. The lowest BCUT2D eigenvalue weighted by Crippen LogP contribution is -2.35. The van der Waals surface area contributed by atoms with Crippen LogP contribution in [0.4, 0.5) is 4.79 Å². The van der Waals surface area contributed by atoms with Crippen LogP contribution in [0.3, 0.4) is 0 Å². The van der Waals surface area contributed by atoms with Crippen molar-refractivity contribution in [1.82, 2.24) is 40.4 Å². The molecule has 0 aliphatic heterocycles. The Morgan fingerprint density at radius 2 is 1.20 bits per heavy atom. The molecule has 2 rings (SSSR count). The Bertz CT molecular complexity index is 1460. The highest BCUT2D eigenvalue weighted by Crippen LogP contribution is 2.13. The van der Waals surface area contributed by atoms with Crippen molar-refractivity contribution >= 4 is 18.0 Å². The van der Waals surface area contributed by atoms with E-state index in [0.717, 1.165) is 71.2 Å². The SMILES string of the molecule is CCCCCCCCCCCCn1cc(COC(=O)CCN(CCCN(C)CCCCCNC(=O)OC(C)(C)C)CCC(=O)OCc2c[n+](CCCCCCCCCCC)[nH]n2)nn1. The smallest absolute Gasteiger partial charge is 0.407 e. The maximum Gasteiger partial charge on any atom is 0.407 e. The second kappa shape index (κ2) is 36.6. The second-order valence-corrected chi connectivity index (χ2v) is 18.8. The first-order valence-electron chi connectivity index (χ1n) is 25.5. The van der Waals surface area contributed by atoms with Gasteiger partial charge in [0.05, 0.1) is 19.0 Å². The number of hydrogen-bond acceptors (Lipinski definition) is 11. The van der Waals surface area contributed by atoms with Gasteiger partial charge in [0.15, 0.2) is 12.8 Å². The fourth-order valence-corrected chi connectivity index (χ4v) is 7.57. The summed E-state index contributed by atoms with van der Waals surface area (Å²) >= 11 is 0. The summed E-state index contributed by atoms with van der Waals surface area (Å²) in [4.78, 5) is 42.1. The van der Waals surface area contributed by atoms with Crippen LogP contribution in [0.5, 0.6) is 0 Å². The molecule has 0 saturated carbocycles. The van der Waals surface area contributed by atoms with E-state index in [0.29, 0.717) is 31.0 Å². The molecule has 15 heteroatoms. The molecule has 1 amide bonds. The van der Waals surface area contributed by atoms with E-state index in [-0.39, 0.29) is 44.1 Å². The van der Waals surface area contributed by atoms with E-state index in [4.69, 9.17) is 14.2 Å². The molecule has 2 N–H and O–H groups in total. The van der Waals surface area contributed by atoms with Gasteiger partial charge < -0.3 is 29.3 Å². The minimum Gasteiger partial charge on any atom is -0.459 e. The maximum absolute atomic E-state index is 12.9. The molecule has 0 atom stereocenters. The van der Waals surface area contributed by atoms with E-state index in [1.54, 1.807) is 0 Å². The molecule has 64 heavy (non-hydrogen) atoms. The number of nitrogens with one attached hydrogen (secondary N) is 2. The number of ether oxygens (including phenoxy) is 3. The Labute approximate surface area is 387 Å². The zero-order chi connectivity index (χ0) is 46.5. The molecule has 0 fully saturated rings. The molecule has 0 radical (unpaired) electrons. The predicted octanol–water partition coefficient (Wildman–Crippen LogP) is 9.63. The average molecular weight is 903 g/mol. The molecular weight excluding hydrogens is 811 g/mol. The number of unbranched alkanes of at least 4 members (excludes halogenated alkanes) is 19.